The Morgan fingerprint density at radius 2 is 1.64 bits per heavy atom. The van der Waals surface area contributed by atoms with E-state index in [-0.39, 0.29) is 11.3 Å². The molecule has 0 saturated carbocycles. The Morgan fingerprint density at radius 3 is 2.21 bits per heavy atom. The third-order valence-electron chi connectivity index (χ3n) is 6.43. The first-order valence-corrected chi connectivity index (χ1v) is 13.2. The maximum Gasteiger partial charge on any atom is 0.211 e. The standard InChI is InChI=1S/C26H33N3O3S/c1-26(2,3)21-12-10-20(11-13-21)24-18-22(19-14-16-28(17-15-19)33(5,30)31)27-29(24)23-8-6-7-9-25(23)32-4/h6-13,18-19H,14-17H2,1-5H3. The lowest BCUT2D eigenvalue weighted by Gasteiger charge is -2.29. The SMILES string of the molecule is COc1ccccc1-n1nc(C2CCN(S(C)(=O)=O)CC2)cc1-c1ccc(C(C)(C)C)cc1. The predicted molar refractivity (Wildman–Crippen MR) is 133 cm³/mol. The molecule has 7 heteroatoms. The molecule has 0 bridgehead atoms. The second-order valence-electron chi connectivity index (χ2n) is 9.80. The highest BCUT2D eigenvalue weighted by molar-refractivity contribution is 7.88. The van der Waals surface area contributed by atoms with Crippen LogP contribution in [0.1, 0.15) is 50.8 Å². The molecule has 3 aromatic rings. The zero-order valence-electron chi connectivity index (χ0n) is 20.1. The summed E-state index contributed by atoms with van der Waals surface area (Å²) in [7, 11) is -1.49. The Bertz CT molecular complexity index is 1220. The van der Waals surface area contributed by atoms with Gasteiger partial charge in [0.15, 0.2) is 0 Å². The number of aromatic nitrogens is 2. The third-order valence-corrected chi connectivity index (χ3v) is 7.73. The minimum Gasteiger partial charge on any atom is -0.494 e. The van der Waals surface area contributed by atoms with Gasteiger partial charge in [0.1, 0.15) is 11.4 Å². The van der Waals surface area contributed by atoms with Gasteiger partial charge < -0.3 is 4.74 Å². The first kappa shape index (κ1) is 23.5. The largest absolute Gasteiger partial charge is 0.494 e. The van der Waals surface area contributed by atoms with Crippen molar-refractivity contribution in [1.29, 1.82) is 0 Å². The van der Waals surface area contributed by atoms with Crippen molar-refractivity contribution in [2.24, 2.45) is 0 Å². The smallest absolute Gasteiger partial charge is 0.211 e. The fourth-order valence-corrected chi connectivity index (χ4v) is 5.29. The lowest BCUT2D eigenvalue weighted by atomic mass is 9.86. The van der Waals surface area contributed by atoms with Crippen LogP contribution in [0.25, 0.3) is 16.9 Å². The lowest BCUT2D eigenvalue weighted by molar-refractivity contribution is 0.318. The van der Waals surface area contributed by atoms with E-state index >= 15 is 0 Å². The molecule has 1 aliphatic rings. The van der Waals surface area contributed by atoms with Gasteiger partial charge in [-0.15, -0.1) is 0 Å². The molecule has 0 radical (unpaired) electrons. The summed E-state index contributed by atoms with van der Waals surface area (Å²) in [4.78, 5) is 0. The van der Waals surface area contributed by atoms with Gasteiger partial charge in [0.25, 0.3) is 0 Å². The summed E-state index contributed by atoms with van der Waals surface area (Å²) in [6.07, 6.45) is 2.81. The molecule has 0 N–H and O–H groups in total. The van der Waals surface area contributed by atoms with Crippen molar-refractivity contribution in [1.82, 2.24) is 14.1 Å². The fraction of sp³-hybridized carbons (Fsp3) is 0.423. The minimum atomic E-state index is -3.15. The molecule has 0 atom stereocenters. The first-order valence-electron chi connectivity index (χ1n) is 11.4. The predicted octanol–water partition coefficient (Wildman–Crippen LogP) is 4.98. The average molecular weight is 468 g/mol. The van der Waals surface area contributed by atoms with Crippen LogP contribution < -0.4 is 4.74 Å². The first-order chi connectivity index (χ1) is 15.6. The highest BCUT2D eigenvalue weighted by atomic mass is 32.2. The molecule has 1 fully saturated rings. The van der Waals surface area contributed by atoms with E-state index < -0.39 is 10.0 Å². The molecule has 176 valence electrons. The molecule has 2 heterocycles. The maximum atomic E-state index is 11.9. The van der Waals surface area contributed by atoms with E-state index in [1.165, 1.54) is 11.8 Å². The van der Waals surface area contributed by atoms with Crippen LogP contribution in [0.5, 0.6) is 5.75 Å². The van der Waals surface area contributed by atoms with Gasteiger partial charge in [0, 0.05) is 24.6 Å². The molecule has 1 saturated heterocycles. The molecule has 0 unspecified atom stereocenters. The van der Waals surface area contributed by atoms with Gasteiger partial charge in [-0.1, -0.05) is 57.2 Å². The van der Waals surface area contributed by atoms with Crippen molar-refractivity contribution in [3.05, 3.63) is 65.9 Å². The van der Waals surface area contributed by atoms with Gasteiger partial charge >= 0.3 is 0 Å². The normalized spacial score (nSPS) is 16.2. The molecule has 1 aliphatic heterocycles. The molecule has 0 aliphatic carbocycles. The monoisotopic (exact) mass is 467 g/mol. The number of para-hydroxylation sites is 2. The molecular weight excluding hydrogens is 434 g/mol. The minimum absolute atomic E-state index is 0.0835. The van der Waals surface area contributed by atoms with E-state index in [2.05, 4.69) is 51.1 Å². The van der Waals surface area contributed by atoms with E-state index in [1.54, 1.807) is 11.4 Å². The number of benzene rings is 2. The molecular formula is C26H33N3O3S. The van der Waals surface area contributed by atoms with E-state index in [9.17, 15) is 8.42 Å². The Morgan fingerprint density at radius 1 is 1.00 bits per heavy atom. The number of nitrogens with zero attached hydrogens (tertiary/aromatic N) is 3. The number of rotatable bonds is 5. The molecule has 6 nitrogen and oxygen atoms in total. The second-order valence-corrected chi connectivity index (χ2v) is 11.8. The van der Waals surface area contributed by atoms with Crippen LogP contribution in [0.3, 0.4) is 0 Å². The van der Waals surface area contributed by atoms with Crippen LogP contribution in [0.15, 0.2) is 54.6 Å². The molecule has 0 spiro atoms. The van der Waals surface area contributed by atoms with E-state index in [0.717, 1.165) is 41.2 Å². The highest BCUT2D eigenvalue weighted by Gasteiger charge is 2.28. The number of hydrogen-bond donors (Lipinski definition) is 0. The number of hydrogen-bond acceptors (Lipinski definition) is 4. The topological polar surface area (TPSA) is 64.4 Å². The summed E-state index contributed by atoms with van der Waals surface area (Å²) in [6.45, 7) is 7.69. The van der Waals surface area contributed by atoms with Gasteiger partial charge in [-0.05, 0) is 42.0 Å². The van der Waals surface area contributed by atoms with Crippen LogP contribution in [-0.4, -0.2) is 49.0 Å². The van der Waals surface area contributed by atoms with Gasteiger partial charge in [-0.25, -0.2) is 17.4 Å². The second kappa shape index (κ2) is 8.95. The van der Waals surface area contributed by atoms with Crippen molar-refractivity contribution in [3.8, 4) is 22.7 Å². The summed E-state index contributed by atoms with van der Waals surface area (Å²) in [5, 5.41) is 5.02. The Hall–Kier alpha value is -2.64. The number of ether oxygens (including phenoxy) is 1. The van der Waals surface area contributed by atoms with Gasteiger partial charge in [-0.3, -0.25) is 0 Å². The Balaban J connectivity index is 1.75. The summed E-state index contributed by atoms with van der Waals surface area (Å²) in [5.74, 6) is 0.971. The summed E-state index contributed by atoms with van der Waals surface area (Å²) in [6, 6.07) is 18.7. The van der Waals surface area contributed by atoms with Crippen LogP contribution >= 0.6 is 0 Å². The number of methoxy groups -OCH3 is 1. The summed E-state index contributed by atoms with van der Waals surface area (Å²) >= 11 is 0. The third kappa shape index (κ3) is 4.99. The molecule has 0 amide bonds. The summed E-state index contributed by atoms with van der Waals surface area (Å²) < 4.78 is 33.0. The fourth-order valence-electron chi connectivity index (χ4n) is 4.42. The molecule has 4 rings (SSSR count). The zero-order valence-corrected chi connectivity index (χ0v) is 20.9. The van der Waals surface area contributed by atoms with E-state index in [1.807, 2.05) is 28.9 Å². The van der Waals surface area contributed by atoms with Crippen LogP contribution in [0.4, 0.5) is 0 Å². The zero-order chi connectivity index (χ0) is 23.8. The van der Waals surface area contributed by atoms with Crippen molar-refractivity contribution in [2.45, 2.75) is 44.9 Å². The Kier molecular flexibility index (Phi) is 6.38. The van der Waals surface area contributed by atoms with Crippen LogP contribution in [0.2, 0.25) is 0 Å². The highest BCUT2D eigenvalue weighted by Crippen LogP contribution is 2.35. The van der Waals surface area contributed by atoms with Crippen molar-refractivity contribution < 1.29 is 13.2 Å². The summed E-state index contributed by atoms with van der Waals surface area (Å²) in [5.41, 5.74) is 5.32. The molecule has 2 aromatic carbocycles. The quantitative estimate of drug-likeness (QED) is 0.531. The Labute approximate surface area is 197 Å². The lowest BCUT2D eigenvalue weighted by Crippen LogP contribution is -2.37. The number of sulfonamides is 1. The molecule has 1 aromatic heterocycles. The van der Waals surface area contributed by atoms with Crippen LogP contribution in [-0.2, 0) is 15.4 Å². The maximum absolute atomic E-state index is 11.9. The molecule has 33 heavy (non-hydrogen) atoms. The van der Waals surface area contributed by atoms with E-state index in [0.29, 0.717) is 13.1 Å². The van der Waals surface area contributed by atoms with Gasteiger partial charge in [0.2, 0.25) is 10.0 Å². The number of piperidine rings is 1. The average Bonchev–Trinajstić information content (AvgIpc) is 3.23. The van der Waals surface area contributed by atoms with Gasteiger partial charge in [0.05, 0.1) is 24.8 Å². The van der Waals surface area contributed by atoms with E-state index in [4.69, 9.17) is 9.84 Å². The van der Waals surface area contributed by atoms with Crippen molar-refractivity contribution in [2.75, 3.05) is 26.5 Å². The van der Waals surface area contributed by atoms with Crippen molar-refractivity contribution in [3.63, 3.8) is 0 Å². The van der Waals surface area contributed by atoms with Crippen molar-refractivity contribution >= 4 is 10.0 Å². The van der Waals surface area contributed by atoms with Crippen LogP contribution in [0, 0.1) is 0 Å². The van der Waals surface area contributed by atoms with Gasteiger partial charge in [-0.2, -0.15) is 5.10 Å².